The molecule has 4 rings (SSSR count). The Labute approximate surface area is 155 Å². The number of carbonyl (C=O) groups excluding carboxylic acids is 2. The van der Waals surface area contributed by atoms with E-state index in [2.05, 4.69) is 15.6 Å². The highest BCUT2D eigenvalue weighted by molar-refractivity contribution is 7.18. The number of nitrogens with one attached hydrogen (secondary N) is 2. The third-order valence-electron chi connectivity index (χ3n) is 4.23. The number of hydrogen-bond acceptors (Lipinski definition) is 4. The minimum atomic E-state index is -0.0851. The Balaban J connectivity index is 1.34. The number of amides is 2. The first-order valence-corrected chi connectivity index (χ1v) is 9.54. The van der Waals surface area contributed by atoms with Gasteiger partial charge < -0.3 is 10.6 Å². The quantitative estimate of drug-likeness (QED) is 0.699. The number of nitrogens with zero attached hydrogens (tertiary/aromatic N) is 1. The van der Waals surface area contributed by atoms with Crippen LogP contribution in [0.2, 0.25) is 0 Å². The summed E-state index contributed by atoms with van der Waals surface area (Å²) in [7, 11) is 0. The zero-order valence-corrected chi connectivity index (χ0v) is 15.0. The number of hydrogen-bond donors (Lipinski definition) is 2. The number of aromatic nitrogens is 1. The highest BCUT2D eigenvalue weighted by atomic mass is 32.1. The van der Waals surface area contributed by atoms with Gasteiger partial charge >= 0.3 is 0 Å². The summed E-state index contributed by atoms with van der Waals surface area (Å²) in [6.45, 7) is 0. The van der Waals surface area contributed by atoms with Gasteiger partial charge in [-0.25, -0.2) is 4.98 Å². The number of aryl methyl sites for hydroxylation is 1. The van der Waals surface area contributed by atoms with Crippen LogP contribution in [0.4, 0.5) is 5.69 Å². The second-order valence-corrected chi connectivity index (χ2v) is 7.57. The van der Waals surface area contributed by atoms with Crippen molar-refractivity contribution in [2.24, 2.45) is 0 Å². The first-order chi connectivity index (χ1) is 12.7. The molecule has 26 heavy (non-hydrogen) atoms. The zero-order chi connectivity index (χ0) is 17.9. The zero-order valence-electron chi connectivity index (χ0n) is 14.2. The molecule has 2 N–H and O–H groups in total. The summed E-state index contributed by atoms with van der Waals surface area (Å²) in [5.74, 6) is -0.165. The summed E-state index contributed by atoms with van der Waals surface area (Å²) in [5, 5.41) is 6.78. The molecule has 1 heterocycles. The van der Waals surface area contributed by atoms with E-state index in [1.165, 1.54) is 0 Å². The third kappa shape index (κ3) is 4.08. The largest absolute Gasteiger partial charge is 0.349 e. The monoisotopic (exact) mass is 365 g/mol. The number of fused-ring (bicyclic) bond motifs is 1. The molecule has 1 saturated carbocycles. The Morgan fingerprint density at radius 2 is 1.96 bits per heavy atom. The molecule has 0 aliphatic heterocycles. The van der Waals surface area contributed by atoms with Gasteiger partial charge in [0.15, 0.2) is 0 Å². The van der Waals surface area contributed by atoms with Crippen LogP contribution in [0.3, 0.4) is 0 Å². The molecule has 1 aromatic heterocycles. The van der Waals surface area contributed by atoms with Crippen molar-refractivity contribution in [2.75, 3.05) is 5.32 Å². The predicted octanol–water partition coefficient (Wildman–Crippen LogP) is 3.76. The molecule has 0 radical (unpaired) electrons. The maximum absolute atomic E-state index is 12.2. The molecule has 1 aliphatic rings. The molecule has 5 nitrogen and oxygen atoms in total. The Hall–Kier alpha value is -2.73. The van der Waals surface area contributed by atoms with Crippen molar-refractivity contribution >= 4 is 39.1 Å². The molecule has 2 aromatic carbocycles. The summed E-state index contributed by atoms with van der Waals surface area (Å²) in [4.78, 5) is 28.9. The highest BCUT2D eigenvalue weighted by Crippen LogP contribution is 2.23. The van der Waals surface area contributed by atoms with Crippen LogP contribution in [0.1, 0.15) is 34.6 Å². The normalized spacial score (nSPS) is 13.5. The fourth-order valence-electron chi connectivity index (χ4n) is 2.71. The number of rotatable bonds is 6. The van der Waals surface area contributed by atoms with E-state index in [9.17, 15) is 9.59 Å². The van der Waals surface area contributed by atoms with E-state index in [1.54, 1.807) is 35.6 Å². The minimum absolute atomic E-state index is 0.0796. The number of thiazole rings is 1. The van der Waals surface area contributed by atoms with Crippen LogP contribution in [0.15, 0.2) is 48.5 Å². The van der Waals surface area contributed by atoms with E-state index in [0.29, 0.717) is 30.1 Å². The van der Waals surface area contributed by atoms with Crippen LogP contribution in [0, 0.1) is 0 Å². The first-order valence-electron chi connectivity index (χ1n) is 8.72. The van der Waals surface area contributed by atoms with Crippen LogP contribution in [-0.4, -0.2) is 22.8 Å². The Morgan fingerprint density at radius 3 is 2.77 bits per heavy atom. The van der Waals surface area contributed by atoms with Crippen LogP contribution in [-0.2, 0) is 11.2 Å². The summed E-state index contributed by atoms with van der Waals surface area (Å²) in [6, 6.07) is 15.3. The third-order valence-corrected chi connectivity index (χ3v) is 5.32. The van der Waals surface area contributed by atoms with Crippen molar-refractivity contribution in [1.29, 1.82) is 0 Å². The first kappa shape index (κ1) is 16.7. The van der Waals surface area contributed by atoms with E-state index in [-0.39, 0.29) is 11.8 Å². The maximum atomic E-state index is 12.2. The molecule has 0 spiro atoms. The van der Waals surface area contributed by atoms with Crippen LogP contribution < -0.4 is 10.6 Å². The number of anilines is 1. The molecule has 0 atom stereocenters. The van der Waals surface area contributed by atoms with Gasteiger partial charge in [-0.1, -0.05) is 18.2 Å². The molecule has 1 aliphatic carbocycles. The number of benzene rings is 2. The van der Waals surface area contributed by atoms with E-state index < -0.39 is 0 Å². The molecular formula is C20H19N3O2S. The Kier molecular flexibility index (Phi) is 4.67. The molecule has 2 amide bonds. The molecule has 0 bridgehead atoms. The van der Waals surface area contributed by atoms with Gasteiger partial charge in [-0.15, -0.1) is 11.3 Å². The van der Waals surface area contributed by atoms with Crippen molar-refractivity contribution in [3.63, 3.8) is 0 Å². The van der Waals surface area contributed by atoms with E-state index in [1.807, 2.05) is 24.3 Å². The second kappa shape index (κ2) is 7.25. The molecule has 1 fully saturated rings. The lowest BCUT2D eigenvalue weighted by Crippen LogP contribution is -2.25. The van der Waals surface area contributed by atoms with Gasteiger partial charge in [0.05, 0.1) is 15.2 Å². The van der Waals surface area contributed by atoms with Gasteiger partial charge in [0.1, 0.15) is 0 Å². The van der Waals surface area contributed by atoms with Gasteiger partial charge in [-0.2, -0.15) is 0 Å². The smallest absolute Gasteiger partial charge is 0.251 e. The second-order valence-electron chi connectivity index (χ2n) is 6.45. The molecule has 3 aromatic rings. The Morgan fingerprint density at radius 1 is 1.12 bits per heavy atom. The fourth-order valence-corrected chi connectivity index (χ4v) is 3.67. The van der Waals surface area contributed by atoms with Crippen molar-refractivity contribution in [3.8, 4) is 0 Å². The van der Waals surface area contributed by atoms with Gasteiger partial charge in [0.25, 0.3) is 5.91 Å². The summed E-state index contributed by atoms with van der Waals surface area (Å²) < 4.78 is 1.14. The van der Waals surface area contributed by atoms with Gasteiger partial charge in [0.2, 0.25) is 5.91 Å². The number of carbonyl (C=O) groups is 2. The van der Waals surface area contributed by atoms with E-state index in [4.69, 9.17) is 0 Å². The van der Waals surface area contributed by atoms with Gasteiger partial charge in [-0.3, -0.25) is 9.59 Å². The van der Waals surface area contributed by atoms with Crippen molar-refractivity contribution in [2.45, 2.75) is 31.7 Å². The van der Waals surface area contributed by atoms with Gasteiger partial charge in [-0.05, 0) is 43.2 Å². The van der Waals surface area contributed by atoms with Crippen LogP contribution >= 0.6 is 11.3 Å². The molecule has 0 saturated heterocycles. The van der Waals surface area contributed by atoms with Crippen molar-refractivity contribution in [1.82, 2.24) is 10.3 Å². The number of para-hydroxylation sites is 1. The average Bonchev–Trinajstić information content (AvgIpc) is 3.35. The summed E-state index contributed by atoms with van der Waals surface area (Å²) in [6.07, 6.45) is 3.06. The van der Waals surface area contributed by atoms with Crippen molar-refractivity contribution < 1.29 is 9.59 Å². The lowest BCUT2D eigenvalue weighted by Gasteiger charge is -2.07. The standard InChI is InChI=1S/C20H19N3O2S/c24-18(10-11-19-23-16-6-1-2-7-17(16)26-19)21-15-5-3-4-13(12-15)20(25)22-14-8-9-14/h1-7,12,14H,8-11H2,(H,21,24)(H,22,25). The van der Waals surface area contributed by atoms with Crippen LogP contribution in [0.25, 0.3) is 10.2 Å². The Bertz CT molecular complexity index is 929. The van der Waals surface area contributed by atoms with Crippen LogP contribution in [0.5, 0.6) is 0 Å². The molecule has 0 unspecified atom stereocenters. The SMILES string of the molecule is O=C(CCc1nc2ccccc2s1)Nc1cccc(C(=O)NC2CC2)c1. The van der Waals surface area contributed by atoms with E-state index in [0.717, 1.165) is 28.1 Å². The minimum Gasteiger partial charge on any atom is -0.349 e. The van der Waals surface area contributed by atoms with E-state index >= 15 is 0 Å². The molecular weight excluding hydrogens is 346 g/mol. The highest BCUT2D eigenvalue weighted by Gasteiger charge is 2.23. The lowest BCUT2D eigenvalue weighted by molar-refractivity contribution is -0.116. The summed E-state index contributed by atoms with van der Waals surface area (Å²) in [5.41, 5.74) is 2.19. The topological polar surface area (TPSA) is 71.1 Å². The predicted molar refractivity (Wildman–Crippen MR) is 104 cm³/mol. The summed E-state index contributed by atoms with van der Waals surface area (Å²) >= 11 is 1.62. The lowest BCUT2D eigenvalue weighted by atomic mass is 10.2. The fraction of sp³-hybridized carbons (Fsp3) is 0.250. The molecule has 132 valence electrons. The maximum Gasteiger partial charge on any atom is 0.251 e. The van der Waals surface area contributed by atoms with Gasteiger partial charge in [0, 0.05) is 30.1 Å². The molecule has 6 heteroatoms. The average molecular weight is 365 g/mol. The van der Waals surface area contributed by atoms with Crippen molar-refractivity contribution in [3.05, 3.63) is 59.1 Å².